The van der Waals surface area contributed by atoms with Gasteiger partial charge in [0.15, 0.2) is 12.6 Å². The Balaban J connectivity index is 1.99. The molecule has 3 fully saturated rings. The summed E-state index contributed by atoms with van der Waals surface area (Å²) in [6.45, 7) is -2.96. The van der Waals surface area contributed by atoms with Gasteiger partial charge in [-0.2, -0.15) is 13.2 Å². The fraction of sp³-hybridized carbons (Fsp3) is 0.893. The molecule has 0 unspecified atom stereocenters. The van der Waals surface area contributed by atoms with E-state index in [-0.39, 0.29) is 19.6 Å². The third kappa shape index (κ3) is 11.1. The lowest BCUT2D eigenvalue weighted by molar-refractivity contribution is -0.380. The smallest absolute Gasteiger partial charge is 0.471 e. The second-order valence-corrected chi connectivity index (χ2v) is 12.6. The predicted octanol–water partition coefficient (Wildman–Crippen LogP) is -4.84. The Kier molecular flexibility index (Phi) is 16.7. The minimum absolute atomic E-state index is 0.0282. The Morgan fingerprint density at radius 1 is 1.00 bits per heavy atom. The van der Waals surface area contributed by atoms with Gasteiger partial charge in [-0.3, -0.25) is 9.59 Å². The third-order valence-corrected chi connectivity index (χ3v) is 8.75. The average molecular weight is 814 g/mol. The summed E-state index contributed by atoms with van der Waals surface area (Å²) in [6.07, 6.45) is -34.8. The molecule has 3 aliphatic rings. The second-order valence-electron chi connectivity index (χ2n) is 12.6. The van der Waals surface area contributed by atoms with Gasteiger partial charge in [0, 0.05) is 31.4 Å². The molecule has 0 aliphatic carbocycles. The maximum absolute atomic E-state index is 14.3. The molecule has 3 heterocycles. The van der Waals surface area contributed by atoms with Crippen LogP contribution in [0.3, 0.4) is 0 Å². The molecule has 2 amide bonds. The summed E-state index contributed by atoms with van der Waals surface area (Å²) in [6, 6.07) is -3.85. The Labute approximate surface area is 307 Å². The van der Waals surface area contributed by atoms with Crippen LogP contribution in [0, 0.1) is 0 Å². The molecule has 23 nitrogen and oxygen atoms in total. The third-order valence-electron chi connectivity index (χ3n) is 8.75. The van der Waals surface area contributed by atoms with Gasteiger partial charge >= 0.3 is 18.1 Å². The van der Waals surface area contributed by atoms with Gasteiger partial charge in [0.1, 0.15) is 73.8 Å². The van der Waals surface area contributed by atoms with E-state index in [0.29, 0.717) is 0 Å². The minimum atomic E-state index is -5.58. The van der Waals surface area contributed by atoms with Crippen molar-refractivity contribution >= 4 is 17.8 Å². The van der Waals surface area contributed by atoms with Gasteiger partial charge in [0.05, 0.1) is 25.4 Å². The molecule has 16 atom stereocenters. The number of azide groups is 1. The monoisotopic (exact) mass is 813 g/mol. The van der Waals surface area contributed by atoms with Crippen LogP contribution in [0.4, 0.5) is 17.6 Å². The Morgan fingerprint density at radius 3 is 2.18 bits per heavy atom. The molecule has 3 saturated heterocycles. The summed E-state index contributed by atoms with van der Waals surface area (Å²) in [4.78, 5) is 39.2. The number of carboxylic acid groups (broad SMARTS) is 1. The van der Waals surface area contributed by atoms with Crippen LogP contribution in [-0.4, -0.2) is 201 Å². The lowest BCUT2D eigenvalue weighted by atomic mass is 9.88. The molecule has 3 rings (SSSR count). The zero-order chi connectivity index (χ0) is 41.4. The number of hydrogen-bond acceptors (Lipinski definition) is 18. The largest absolute Gasteiger partial charge is 0.477 e. The van der Waals surface area contributed by atoms with Crippen LogP contribution < -0.4 is 10.6 Å². The number of halogens is 4. The molecule has 0 aromatic heterocycles. The van der Waals surface area contributed by atoms with Crippen LogP contribution in [0.2, 0.25) is 0 Å². The summed E-state index contributed by atoms with van der Waals surface area (Å²) >= 11 is 0. The Bertz CT molecular complexity index is 1350. The van der Waals surface area contributed by atoms with E-state index in [1.165, 1.54) is 5.32 Å². The van der Waals surface area contributed by atoms with E-state index in [9.17, 15) is 77.9 Å². The number of aliphatic hydroxyl groups is 8. The Morgan fingerprint density at radius 2 is 1.64 bits per heavy atom. The molecule has 0 bridgehead atoms. The van der Waals surface area contributed by atoms with Crippen molar-refractivity contribution in [2.75, 3.05) is 33.0 Å². The number of carboxylic acids is 1. The number of carbonyl (C=O) groups excluding carboxylic acids is 2. The van der Waals surface area contributed by atoms with Crippen LogP contribution in [-0.2, 0) is 42.8 Å². The van der Waals surface area contributed by atoms with Gasteiger partial charge in [0.2, 0.25) is 5.91 Å². The van der Waals surface area contributed by atoms with Gasteiger partial charge in [0.25, 0.3) is 5.79 Å². The number of carbonyl (C=O) groups is 3. The molecule has 27 heteroatoms. The molecule has 3 aliphatic heterocycles. The lowest BCUT2D eigenvalue weighted by Crippen LogP contribution is -2.71. The number of nitrogens with one attached hydrogen (secondary N) is 2. The van der Waals surface area contributed by atoms with Crippen LogP contribution in [0.1, 0.15) is 19.8 Å². The summed E-state index contributed by atoms with van der Waals surface area (Å²) in [7, 11) is 0. The Hall–Kier alpha value is -3.12. The van der Waals surface area contributed by atoms with Crippen molar-refractivity contribution in [3.05, 3.63) is 10.4 Å². The fourth-order valence-corrected chi connectivity index (χ4v) is 6.04. The highest BCUT2D eigenvalue weighted by Crippen LogP contribution is 2.39. The number of ether oxygens (including phenoxy) is 6. The van der Waals surface area contributed by atoms with Crippen LogP contribution in [0.15, 0.2) is 5.11 Å². The van der Waals surface area contributed by atoms with Crippen molar-refractivity contribution in [1.82, 2.24) is 10.6 Å². The van der Waals surface area contributed by atoms with Gasteiger partial charge in [-0.05, 0) is 12.0 Å². The molecule has 0 radical (unpaired) electrons. The lowest BCUT2D eigenvalue weighted by Gasteiger charge is -2.51. The number of rotatable bonds is 17. The summed E-state index contributed by atoms with van der Waals surface area (Å²) in [5.74, 6) is -9.09. The molecule has 0 saturated carbocycles. The van der Waals surface area contributed by atoms with Gasteiger partial charge in [-0.15, -0.1) is 0 Å². The molecule has 0 spiro atoms. The number of aliphatic hydroxyl groups excluding tert-OH is 8. The highest BCUT2D eigenvalue weighted by atomic mass is 19.4. The number of hydrogen-bond donors (Lipinski definition) is 11. The first-order valence-electron chi connectivity index (χ1n) is 16.5. The summed E-state index contributed by atoms with van der Waals surface area (Å²) in [5.41, 5.74) is 8.48. The first-order valence-corrected chi connectivity index (χ1v) is 16.5. The summed E-state index contributed by atoms with van der Waals surface area (Å²) in [5, 5.41) is 101. The van der Waals surface area contributed by atoms with Crippen molar-refractivity contribution in [3.63, 3.8) is 0 Å². The maximum Gasteiger partial charge on any atom is 0.471 e. The zero-order valence-corrected chi connectivity index (χ0v) is 28.7. The first kappa shape index (κ1) is 46.3. The zero-order valence-electron chi connectivity index (χ0n) is 28.7. The molecule has 316 valence electrons. The normalized spacial score (nSPS) is 37.9. The molecular weight excluding hydrogens is 770 g/mol. The highest BCUT2D eigenvalue weighted by Gasteiger charge is 2.61. The van der Waals surface area contributed by atoms with Crippen LogP contribution in [0.5, 0.6) is 0 Å². The van der Waals surface area contributed by atoms with E-state index in [4.69, 9.17) is 34.0 Å². The van der Waals surface area contributed by atoms with E-state index >= 15 is 0 Å². The molecule has 11 N–H and O–H groups in total. The highest BCUT2D eigenvalue weighted by molar-refractivity contribution is 5.82. The van der Waals surface area contributed by atoms with Gasteiger partial charge in [-0.1, -0.05) is 5.11 Å². The SMILES string of the molecule is CC(=O)N[C@H]1[C@@H](OCCCN=[N+]=[N-])O[C@H](CO)[C@H](O)[C@@H]1O[C@@H]1O[C@H](CF)[C@H](O)[C@H](O[C@]2(C(=O)O)C[C@H](O)[C@@H](NC(=O)C(F)(F)F)[C@H]([C@H](O)[C@H](O)CO)O2)[C@H]1O. The van der Waals surface area contributed by atoms with Crippen LogP contribution in [0.25, 0.3) is 10.4 Å². The predicted molar refractivity (Wildman–Crippen MR) is 163 cm³/mol. The fourth-order valence-electron chi connectivity index (χ4n) is 6.04. The van der Waals surface area contributed by atoms with Gasteiger partial charge < -0.3 is 85.0 Å². The minimum Gasteiger partial charge on any atom is -0.477 e. The number of aliphatic carboxylic acids is 1. The number of nitrogens with zero attached hydrogens (tertiary/aromatic N) is 3. The van der Waals surface area contributed by atoms with Gasteiger partial charge in [-0.25, -0.2) is 9.18 Å². The number of amides is 2. The molecule has 55 heavy (non-hydrogen) atoms. The van der Waals surface area contributed by atoms with Crippen molar-refractivity contribution in [3.8, 4) is 0 Å². The van der Waals surface area contributed by atoms with Crippen LogP contribution >= 0.6 is 0 Å². The number of alkyl halides is 4. The van der Waals surface area contributed by atoms with E-state index in [1.807, 2.05) is 0 Å². The van der Waals surface area contributed by atoms with E-state index < -0.39 is 148 Å². The van der Waals surface area contributed by atoms with Crippen molar-refractivity contribution < 1.29 is 106 Å². The topological polar surface area (TPSA) is 361 Å². The summed E-state index contributed by atoms with van der Waals surface area (Å²) < 4.78 is 86.6. The van der Waals surface area contributed by atoms with Crippen molar-refractivity contribution in [1.29, 1.82) is 0 Å². The van der Waals surface area contributed by atoms with Crippen molar-refractivity contribution in [2.45, 2.75) is 124 Å². The van der Waals surface area contributed by atoms with E-state index in [1.54, 1.807) is 0 Å². The first-order chi connectivity index (χ1) is 25.8. The quantitative estimate of drug-likeness (QED) is 0.0216. The molecular formula is C28H43F4N5O18. The second kappa shape index (κ2) is 19.8. The maximum atomic E-state index is 14.3. The average Bonchev–Trinajstić information content (AvgIpc) is 3.12. The standard InChI is InChI=1S/C28H43F4N5O18/c1-9(40)35-15-20(18(45)13(8-39)52-23(15)50-4-2-3-34-37-33)53-24-19(46)22(17(44)12(6-29)51-24)55-27(26(48)49)5-10(41)14(36-25(47)28(30,31)32)21(54-27)16(43)11(42)7-38/h10-24,38-39,41-46H,2-8H2,1H3,(H,35,40)(H,36,47)(H,48,49)/t10-,11+,12+,13+,14+,15+,16+,17-,18-,19+,20+,21+,22-,23-,24-,27-/m0/s1. The molecule has 0 aromatic rings. The van der Waals surface area contributed by atoms with Crippen molar-refractivity contribution in [2.24, 2.45) is 5.11 Å². The molecule has 0 aromatic carbocycles. The van der Waals surface area contributed by atoms with E-state index in [2.05, 4.69) is 15.3 Å². The van der Waals surface area contributed by atoms with E-state index in [0.717, 1.165) is 6.92 Å².